The van der Waals surface area contributed by atoms with Crippen molar-refractivity contribution in [3.05, 3.63) is 94.8 Å². The van der Waals surface area contributed by atoms with Gasteiger partial charge in [0.25, 0.3) is 5.56 Å². The van der Waals surface area contributed by atoms with Gasteiger partial charge in [0.1, 0.15) is 5.54 Å². The zero-order valence-corrected chi connectivity index (χ0v) is 21.1. The molecule has 0 bridgehead atoms. The summed E-state index contributed by atoms with van der Waals surface area (Å²) >= 11 is 1.21. The Morgan fingerprint density at radius 3 is 2.42 bits per heavy atom. The minimum atomic E-state index is -1.07. The number of hydrogen-bond acceptors (Lipinski definition) is 5. The van der Waals surface area contributed by atoms with Crippen molar-refractivity contribution >= 4 is 45.9 Å². The first-order valence-corrected chi connectivity index (χ1v) is 12.7. The van der Waals surface area contributed by atoms with E-state index in [9.17, 15) is 14.4 Å². The molecule has 1 atom stereocenters. The van der Waals surface area contributed by atoms with E-state index in [-0.39, 0.29) is 29.2 Å². The molecule has 36 heavy (non-hydrogen) atoms. The first-order valence-electron chi connectivity index (χ1n) is 11.7. The number of thioether (sulfide) groups is 1. The number of benzene rings is 3. The van der Waals surface area contributed by atoms with Gasteiger partial charge in [-0.15, -0.1) is 0 Å². The minimum Gasteiger partial charge on any atom is -0.322 e. The van der Waals surface area contributed by atoms with Gasteiger partial charge in [0, 0.05) is 0 Å². The number of anilines is 2. The number of amides is 2. The molecule has 0 unspecified atom stereocenters. The largest absolute Gasteiger partial charge is 0.322 e. The molecule has 0 radical (unpaired) electrons. The molecule has 182 valence electrons. The second-order valence-corrected chi connectivity index (χ2v) is 10.2. The highest BCUT2D eigenvalue weighted by Crippen LogP contribution is 2.37. The summed E-state index contributed by atoms with van der Waals surface area (Å²) in [5, 5.41) is 3.86. The van der Waals surface area contributed by atoms with Crippen LogP contribution in [0.3, 0.4) is 0 Å². The van der Waals surface area contributed by atoms with Gasteiger partial charge in [0.05, 0.1) is 34.1 Å². The fourth-order valence-electron chi connectivity index (χ4n) is 4.54. The van der Waals surface area contributed by atoms with E-state index in [4.69, 9.17) is 4.98 Å². The standard InChI is InChI=1S/C28H26N4O3S/c1-18(19-11-5-4-6-12-19)31-25(34)20-13-7-8-14-21(20)30-27(31)36-17-24(33)32-23-16-10-9-15-22(23)29-26(35)28(32,2)3/h4-16,18H,17H2,1-3H3,(H,29,35)/t18-/m1/s1. The molecule has 0 aliphatic carbocycles. The van der Waals surface area contributed by atoms with Crippen LogP contribution in [0.5, 0.6) is 0 Å². The first-order chi connectivity index (χ1) is 17.3. The molecule has 1 aliphatic heterocycles. The smallest absolute Gasteiger partial charge is 0.262 e. The van der Waals surface area contributed by atoms with Crippen molar-refractivity contribution in [1.82, 2.24) is 9.55 Å². The second-order valence-electron chi connectivity index (χ2n) is 9.22. The van der Waals surface area contributed by atoms with Crippen molar-refractivity contribution in [2.24, 2.45) is 0 Å². The average Bonchev–Trinajstić information content (AvgIpc) is 2.88. The van der Waals surface area contributed by atoms with Crippen molar-refractivity contribution in [3.63, 3.8) is 0 Å². The monoisotopic (exact) mass is 498 g/mol. The maximum absolute atomic E-state index is 13.6. The third-order valence-electron chi connectivity index (χ3n) is 6.53. The quantitative estimate of drug-likeness (QED) is 0.314. The summed E-state index contributed by atoms with van der Waals surface area (Å²) < 4.78 is 1.65. The zero-order chi connectivity index (χ0) is 25.4. The molecule has 0 fully saturated rings. The van der Waals surface area contributed by atoms with Crippen molar-refractivity contribution in [1.29, 1.82) is 0 Å². The van der Waals surface area contributed by atoms with Crippen molar-refractivity contribution in [2.45, 2.75) is 37.5 Å². The van der Waals surface area contributed by atoms with Gasteiger partial charge in [-0.2, -0.15) is 0 Å². The van der Waals surface area contributed by atoms with E-state index in [1.165, 1.54) is 16.7 Å². The van der Waals surface area contributed by atoms with Crippen molar-refractivity contribution in [2.75, 3.05) is 16.0 Å². The van der Waals surface area contributed by atoms with E-state index in [1.807, 2.05) is 67.6 Å². The van der Waals surface area contributed by atoms with Gasteiger partial charge in [-0.3, -0.25) is 23.9 Å². The molecular weight excluding hydrogens is 472 g/mol. The number of rotatable bonds is 5. The summed E-state index contributed by atoms with van der Waals surface area (Å²) in [5.74, 6) is -0.483. The molecule has 2 heterocycles. The van der Waals surface area contributed by atoms with Crippen LogP contribution in [-0.2, 0) is 9.59 Å². The van der Waals surface area contributed by atoms with Gasteiger partial charge in [-0.1, -0.05) is 66.4 Å². The summed E-state index contributed by atoms with van der Waals surface area (Å²) in [6, 6.07) is 23.9. The summed E-state index contributed by atoms with van der Waals surface area (Å²) in [6.07, 6.45) is 0. The predicted molar refractivity (Wildman–Crippen MR) is 144 cm³/mol. The zero-order valence-electron chi connectivity index (χ0n) is 20.3. The number of fused-ring (bicyclic) bond motifs is 2. The van der Waals surface area contributed by atoms with E-state index in [0.29, 0.717) is 27.4 Å². The van der Waals surface area contributed by atoms with Gasteiger partial charge in [-0.25, -0.2) is 4.98 Å². The highest BCUT2D eigenvalue weighted by atomic mass is 32.2. The highest BCUT2D eigenvalue weighted by Gasteiger charge is 2.43. The Bertz CT molecular complexity index is 1530. The van der Waals surface area contributed by atoms with Gasteiger partial charge in [0.15, 0.2) is 5.16 Å². The van der Waals surface area contributed by atoms with Crippen LogP contribution in [0.15, 0.2) is 88.8 Å². The Kier molecular flexibility index (Phi) is 6.14. The number of para-hydroxylation sites is 3. The van der Waals surface area contributed by atoms with Crippen molar-refractivity contribution in [3.8, 4) is 0 Å². The van der Waals surface area contributed by atoms with Crippen molar-refractivity contribution < 1.29 is 9.59 Å². The van der Waals surface area contributed by atoms with E-state index in [2.05, 4.69) is 5.32 Å². The Labute approximate surface area is 213 Å². The molecular formula is C28H26N4O3S. The molecule has 1 N–H and O–H groups in total. The molecule has 3 aromatic carbocycles. The summed E-state index contributed by atoms with van der Waals surface area (Å²) in [4.78, 5) is 46.3. The lowest BCUT2D eigenvalue weighted by molar-refractivity contribution is -0.125. The van der Waals surface area contributed by atoms with Crippen LogP contribution in [0, 0.1) is 0 Å². The number of carbonyl (C=O) groups excluding carboxylic acids is 2. The van der Waals surface area contributed by atoms with Crippen LogP contribution < -0.4 is 15.8 Å². The van der Waals surface area contributed by atoms with Crippen LogP contribution in [0.1, 0.15) is 32.4 Å². The lowest BCUT2D eigenvalue weighted by Crippen LogP contribution is -2.59. The molecule has 1 aromatic heterocycles. The lowest BCUT2D eigenvalue weighted by Gasteiger charge is -2.42. The minimum absolute atomic E-state index is 0.0112. The number of nitrogens with one attached hydrogen (secondary N) is 1. The third-order valence-corrected chi connectivity index (χ3v) is 7.46. The summed E-state index contributed by atoms with van der Waals surface area (Å²) in [7, 11) is 0. The fraction of sp³-hybridized carbons (Fsp3) is 0.214. The SMILES string of the molecule is C[C@H](c1ccccc1)n1c(SCC(=O)N2c3ccccc3NC(=O)C2(C)C)nc2ccccc2c1=O. The molecule has 8 heteroatoms. The number of carbonyl (C=O) groups is 2. The van der Waals surface area contributed by atoms with Crippen LogP contribution in [0.4, 0.5) is 11.4 Å². The van der Waals surface area contributed by atoms with Gasteiger partial charge in [0.2, 0.25) is 11.8 Å². The Morgan fingerprint density at radius 2 is 1.64 bits per heavy atom. The first kappa shape index (κ1) is 23.8. The predicted octanol–water partition coefficient (Wildman–Crippen LogP) is 4.86. The average molecular weight is 499 g/mol. The van der Waals surface area contributed by atoms with Crippen LogP contribution in [-0.4, -0.2) is 32.7 Å². The number of nitrogens with zero attached hydrogens (tertiary/aromatic N) is 3. The van der Waals surface area contributed by atoms with Gasteiger partial charge >= 0.3 is 0 Å². The maximum atomic E-state index is 13.6. The molecule has 2 amide bonds. The fourth-order valence-corrected chi connectivity index (χ4v) is 5.46. The van der Waals surface area contributed by atoms with Crippen LogP contribution in [0.25, 0.3) is 10.9 Å². The molecule has 1 aliphatic rings. The molecule has 0 saturated carbocycles. The van der Waals surface area contributed by atoms with Gasteiger partial charge in [-0.05, 0) is 50.6 Å². The molecule has 7 nitrogen and oxygen atoms in total. The number of hydrogen-bond donors (Lipinski definition) is 1. The third kappa shape index (κ3) is 4.07. The Hall–Kier alpha value is -3.91. The normalized spacial score (nSPS) is 15.3. The molecule has 0 saturated heterocycles. The van der Waals surface area contributed by atoms with E-state index in [0.717, 1.165) is 5.56 Å². The van der Waals surface area contributed by atoms with Gasteiger partial charge < -0.3 is 5.32 Å². The van der Waals surface area contributed by atoms with E-state index < -0.39 is 5.54 Å². The molecule has 5 rings (SSSR count). The Balaban J connectivity index is 1.53. The molecule has 0 spiro atoms. The van der Waals surface area contributed by atoms with E-state index >= 15 is 0 Å². The maximum Gasteiger partial charge on any atom is 0.262 e. The highest BCUT2D eigenvalue weighted by molar-refractivity contribution is 7.99. The topological polar surface area (TPSA) is 84.3 Å². The number of aromatic nitrogens is 2. The lowest BCUT2D eigenvalue weighted by atomic mass is 9.96. The van der Waals surface area contributed by atoms with Crippen LogP contribution >= 0.6 is 11.8 Å². The summed E-state index contributed by atoms with van der Waals surface area (Å²) in [6.45, 7) is 5.40. The Morgan fingerprint density at radius 1 is 0.972 bits per heavy atom. The summed E-state index contributed by atoms with van der Waals surface area (Å²) in [5.41, 5.74) is 1.56. The second kappa shape index (κ2) is 9.28. The van der Waals surface area contributed by atoms with Crippen LogP contribution in [0.2, 0.25) is 0 Å². The van der Waals surface area contributed by atoms with E-state index in [1.54, 1.807) is 36.6 Å². The molecule has 4 aromatic rings.